The number of anilines is 1. The van der Waals surface area contributed by atoms with E-state index in [1.165, 1.54) is 0 Å². The van der Waals surface area contributed by atoms with Gasteiger partial charge in [-0.25, -0.2) is 9.97 Å². The first-order valence-electron chi connectivity index (χ1n) is 9.17. The summed E-state index contributed by atoms with van der Waals surface area (Å²) in [5.74, 6) is 0. The summed E-state index contributed by atoms with van der Waals surface area (Å²) in [6.45, 7) is 15.8. The minimum atomic E-state index is -1.76. The Morgan fingerprint density at radius 1 is 1.27 bits per heavy atom. The summed E-state index contributed by atoms with van der Waals surface area (Å²) in [6.07, 6.45) is 1.84. The van der Waals surface area contributed by atoms with E-state index in [4.69, 9.17) is 20.8 Å². The smallest absolute Gasteiger partial charge is 0.192 e. The van der Waals surface area contributed by atoms with Crippen molar-refractivity contribution < 1.29 is 9.16 Å². The van der Waals surface area contributed by atoms with Crippen LogP contribution in [-0.4, -0.2) is 55.8 Å². The molecule has 2 aromatic rings. The number of pyridine rings is 1. The van der Waals surface area contributed by atoms with Crippen LogP contribution in [0.2, 0.25) is 23.3 Å². The molecule has 0 N–H and O–H groups in total. The average Bonchev–Trinajstić information content (AvgIpc) is 2.97. The normalized spacial score (nSPS) is 16.5. The SMILES string of the molecule is CC(C)(C)[Si](C)(C)OCCn1cnc2c(N3CCOCC3)cc(Cl)nc21. The van der Waals surface area contributed by atoms with Crippen molar-refractivity contribution >= 4 is 36.8 Å². The van der Waals surface area contributed by atoms with Crippen molar-refractivity contribution in [3.63, 3.8) is 0 Å². The Morgan fingerprint density at radius 3 is 2.62 bits per heavy atom. The van der Waals surface area contributed by atoms with E-state index in [-0.39, 0.29) is 5.04 Å². The van der Waals surface area contributed by atoms with Gasteiger partial charge in [-0.2, -0.15) is 0 Å². The van der Waals surface area contributed by atoms with Crippen LogP contribution >= 0.6 is 11.6 Å². The number of aromatic nitrogens is 3. The molecule has 0 saturated carbocycles. The van der Waals surface area contributed by atoms with Gasteiger partial charge in [0.25, 0.3) is 0 Å². The van der Waals surface area contributed by atoms with Crippen LogP contribution in [0.5, 0.6) is 0 Å². The van der Waals surface area contributed by atoms with Crippen LogP contribution < -0.4 is 4.90 Å². The van der Waals surface area contributed by atoms with Crippen molar-refractivity contribution in [1.29, 1.82) is 0 Å². The van der Waals surface area contributed by atoms with Crippen LogP contribution in [0.4, 0.5) is 5.69 Å². The number of nitrogens with zero attached hydrogens (tertiary/aromatic N) is 4. The number of fused-ring (bicyclic) bond motifs is 1. The van der Waals surface area contributed by atoms with Gasteiger partial charge in [0.2, 0.25) is 0 Å². The third-order valence-electron chi connectivity index (χ3n) is 5.47. The number of imidazole rings is 1. The van der Waals surface area contributed by atoms with E-state index in [1.54, 1.807) is 0 Å². The molecular formula is C18H29ClN4O2Si. The maximum Gasteiger partial charge on any atom is 0.192 e. The first-order chi connectivity index (χ1) is 12.2. The molecule has 0 aromatic carbocycles. The van der Waals surface area contributed by atoms with E-state index in [0.717, 1.165) is 49.7 Å². The molecule has 0 bridgehead atoms. The Kier molecular flexibility index (Phi) is 5.63. The van der Waals surface area contributed by atoms with E-state index in [1.807, 2.05) is 17.0 Å². The van der Waals surface area contributed by atoms with E-state index in [9.17, 15) is 0 Å². The summed E-state index contributed by atoms with van der Waals surface area (Å²) < 4.78 is 13.8. The number of hydrogen-bond acceptors (Lipinski definition) is 5. The Hall–Kier alpha value is -1.15. The Morgan fingerprint density at radius 2 is 1.96 bits per heavy atom. The summed E-state index contributed by atoms with van der Waals surface area (Å²) in [6, 6.07) is 1.90. The van der Waals surface area contributed by atoms with E-state index >= 15 is 0 Å². The lowest BCUT2D eigenvalue weighted by atomic mass is 10.2. The molecule has 144 valence electrons. The van der Waals surface area contributed by atoms with Crippen molar-refractivity contribution in [3.8, 4) is 0 Å². The minimum Gasteiger partial charge on any atom is -0.415 e. The maximum absolute atomic E-state index is 6.30. The van der Waals surface area contributed by atoms with Crippen LogP contribution in [0, 0.1) is 0 Å². The fourth-order valence-corrected chi connectivity index (χ4v) is 4.03. The fourth-order valence-electron chi connectivity index (χ4n) is 2.81. The molecule has 0 amide bonds. The van der Waals surface area contributed by atoms with Crippen molar-refractivity contribution in [3.05, 3.63) is 17.5 Å². The molecule has 1 saturated heterocycles. The first-order valence-corrected chi connectivity index (χ1v) is 12.5. The van der Waals surface area contributed by atoms with Gasteiger partial charge in [-0.1, -0.05) is 32.4 Å². The highest BCUT2D eigenvalue weighted by atomic mass is 35.5. The number of ether oxygens (including phenoxy) is 1. The second kappa shape index (κ2) is 7.46. The maximum atomic E-state index is 6.30. The van der Waals surface area contributed by atoms with Crippen molar-refractivity contribution in [2.75, 3.05) is 37.8 Å². The zero-order valence-electron chi connectivity index (χ0n) is 16.4. The predicted molar refractivity (Wildman–Crippen MR) is 109 cm³/mol. The third-order valence-corrected chi connectivity index (χ3v) is 10.2. The zero-order valence-corrected chi connectivity index (χ0v) is 18.1. The lowest BCUT2D eigenvalue weighted by molar-refractivity contribution is 0.123. The topological polar surface area (TPSA) is 52.4 Å². The lowest BCUT2D eigenvalue weighted by Gasteiger charge is -2.36. The van der Waals surface area contributed by atoms with Crippen LogP contribution in [0.3, 0.4) is 0 Å². The van der Waals surface area contributed by atoms with Gasteiger partial charge in [0.05, 0.1) is 31.8 Å². The molecular weight excluding hydrogens is 368 g/mol. The van der Waals surface area contributed by atoms with Gasteiger partial charge in [-0.15, -0.1) is 0 Å². The number of rotatable bonds is 5. The van der Waals surface area contributed by atoms with Crippen molar-refractivity contribution in [1.82, 2.24) is 14.5 Å². The Balaban J connectivity index is 1.79. The Bertz CT molecular complexity index is 766. The lowest BCUT2D eigenvalue weighted by Crippen LogP contribution is -2.41. The third kappa shape index (κ3) is 4.06. The molecule has 1 fully saturated rings. The van der Waals surface area contributed by atoms with Gasteiger partial charge in [-0.3, -0.25) is 0 Å². The van der Waals surface area contributed by atoms with Gasteiger partial charge in [0, 0.05) is 25.7 Å². The highest BCUT2D eigenvalue weighted by Gasteiger charge is 2.36. The molecule has 26 heavy (non-hydrogen) atoms. The number of halogens is 1. The quantitative estimate of drug-likeness (QED) is 0.565. The number of morpholine rings is 1. The molecule has 3 rings (SSSR count). The molecule has 8 heteroatoms. The number of hydrogen-bond donors (Lipinski definition) is 0. The first kappa shape index (κ1) is 19.6. The zero-order chi connectivity index (χ0) is 18.9. The van der Waals surface area contributed by atoms with Crippen LogP contribution in [0.15, 0.2) is 12.4 Å². The molecule has 1 aliphatic heterocycles. The van der Waals surface area contributed by atoms with Gasteiger partial charge in [-0.05, 0) is 18.1 Å². The van der Waals surface area contributed by atoms with E-state index < -0.39 is 8.32 Å². The standard InChI is InChI=1S/C18H29ClN4O2Si/c1-18(2,3)26(4,5)25-11-8-23-13-20-16-14(12-15(19)21-17(16)23)22-6-9-24-10-7-22/h12-13H,6-11H2,1-5H3. The summed E-state index contributed by atoms with van der Waals surface area (Å²) >= 11 is 6.30. The van der Waals surface area contributed by atoms with Crippen LogP contribution in [0.1, 0.15) is 20.8 Å². The Labute approximate surface area is 161 Å². The highest BCUT2D eigenvalue weighted by molar-refractivity contribution is 6.74. The molecule has 3 heterocycles. The van der Waals surface area contributed by atoms with Crippen LogP contribution in [-0.2, 0) is 15.7 Å². The van der Waals surface area contributed by atoms with Gasteiger partial charge < -0.3 is 18.6 Å². The second-order valence-corrected chi connectivity index (χ2v) is 13.5. The van der Waals surface area contributed by atoms with Crippen molar-refractivity contribution in [2.24, 2.45) is 0 Å². The predicted octanol–water partition coefficient (Wildman–Crippen LogP) is 3.94. The second-order valence-electron chi connectivity index (χ2n) is 8.28. The molecule has 0 radical (unpaired) electrons. The summed E-state index contributed by atoms with van der Waals surface area (Å²) in [7, 11) is -1.76. The van der Waals surface area contributed by atoms with E-state index in [0.29, 0.717) is 11.8 Å². The molecule has 0 spiro atoms. The molecule has 1 aliphatic rings. The molecule has 2 aromatic heterocycles. The molecule has 0 unspecified atom stereocenters. The monoisotopic (exact) mass is 396 g/mol. The average molecular weight is 397 g/mol. The molecule has 6 nitrogen and oxygen atoms in total. The molecule has 0 atom stereocenters. The largest absolute Gasteiger partial charge is 0.415 e. The summed E-state index contributed by atoms with van der Waals surface area (Å²) in [4.78, 5) is 11.4. The van der Waals surface area contributed by atoms with Gasteiger partial charge >= 0.3 is 0 Å². The van der Waals surface area contributed by atoms with Gasteiger partial charge in [0.15, 0.2) is 14.0 Å². The fraction of sp³-hybridized carbons (Fsp3) is 0.667. The highest BCUT2D eigenvalue weighted by Crippen LogP contribution is 2.36. The summed E-state index contributed by atoms with van der Waals surface area (Å²) in [5, 5.41) is 0.695. The van der Waals surface area contributed by atoms with Crippen LogP contribution in [0.25, 0.3) is 11.2 Å². The van der Waals surface area contributed by atoms with Crippen molar-refractivity contribution in [2.45, 2.75) is 45.4 Å². The van der Waals surface area contributed by atoms with Gasteiger partial charge in [0.1, 0.15) is 10.7 Å². The summed E-state index contributed by atoms with van der Waals surface area (Å²) in [5.41, 5.74) is 2.74. The van der Waals surface area contributed by atoms with E-state index in [2.05, 4.69) is 48.7 Å². The minimum absolute atomic E-state index is 0.203. The molecule has 0 aliphatic carbocycles.